The van der Waals surface area contributed by atoms with Crippen LogP contribution in [0.2, 0.25) is 0 Å². The van der Waals surface area contributed by atoms with Crippen molar-refractivity contribution >= 4 is 0 Å². The monoisotopic (exact) mass is 210 g/mol. The Morgan fingerprint density at radius 2 is 2.13 bits per heavy atom. The second-order valence-electron chi connectivity index (χ2n) is 3.71. The molecule has 0 saturated carbocycles. The molecule has 3 heteroatoms. The summed E-state index contributed by atoms with van der Waals surface area (Å²) in [5.41, 5.74) is 6.82. The molecule has 2 N–H and O–H groups in total. The summed E-state index contributed by atoms with van der Waals surface area (Å²) in [4.78, 5) is 2.42. The number of morpholine rings is 1. The fourth-order valence-electron chi connectivity index (χ4n) is 1.68. The van der Waals surface area contributed by atoms with Gasteiger partial charge >= 0.3 is 0 Å². The van der Waals surface area contributed by atoms with E-state index >= 15 is 0 Å². The highest BCUT2D eigenvalue weighted by Crippen LogP contribution is 2.05. The maximum absolute atomic E-state index is 5.46. The van der Waals surface area contributed by atoms with Gasteiger partial charge in [-0.2, -0.15) is 0 Å². The van der Waals surface area contributed by atoms with Gasteiger partial charge < -0.3 is 10.5 Å². The van der Waals surface area contributed by atoms with E-state index in [1.807, 2.05) is 6.08 Å². The quantitative estimate of drug-likeness (QED) is 0.692. The number of rotatable bonds is 5. The van der Waals surface area contributed by atoms with Crippen LogP contribution in [0.1, 0.15) is 13.3 Å². The predicted octanol–water partition coefficient (Wildman–Crippen LogP) is 1.17. The third-order valence-corrected chi connectivity index (χ3v) is 2.44. The van der Waals surface area contributed by atoms with Gasteiger partial charge in [-0.3, -0.25) is 4.90 Å². The summed E-state index contributed by atoms with van der Waals surface area (Å²) in [6.45, 7) is 7.60. The summed E-state index contributed by atoms with van der Waals surface area (Å²) in [5, 5.41) is 0. The maximum Gasteiger partial charge on any atom is 0.0594 e. The van der Waals surface area contributed by atoms with Gasteiger partial charge in [-0.15, -0.1) is 0 Å². The lowest BCUT2D eigenvalue weighted by Gasteiger charge is -2.26. The summed E-state index contributed by atoms with van der Waals surface area (Å²) < 4.78 is 5.32. The Kier molecular flexibility index (Phi) is 6.32. The van der Waals surface area contributed by atoms with Gasteiger partial charge in [0.25, 0.3) is 0 Å². The Labute approximate surface area is 92.6 Å². The van der Waals surface area contributed by atoms with Crippen LogP contribution in [0.5, 0.6) is 0 Å². The minimum atomic E-state index is 0.615. The van der Waals surface area contributed by atoms with Crippen molar-refractivity contribution in [3.63, 3.8) is 0 Å². The van der Waals surface area contributed by atoms with Crippen LogP contribution >= 0.6 is 0 Å². The lowest BCUT2D eigenvalue weighted by molar-refractivity contribution is 0.0426. The van der Waals surface area contributed by atoms with E-state index in [9.17, 15) is 0 Å². The molecule has 0 spiro atoms. The van der Waals surface area contributed by atoms with E-state index < -0.39 is 0 Å². The molecule has 3 nitrogen and oxygen atoms in total. The van der Waals surface area contributed by atoms with Crippen LogP contribution in [-0.4, -0.2) is 44.3 Å². The van der Waals surface area contributed by atoms with Crippen LogP contribution in [0, 0.1) is 0 Å². The van der Waals surface area contributed by atoms with Gasteiger partial charge in [-0.25, -0.2) is 0 Å². The van der Waals surface area contributed by atoms with E-state index in [4.69, 9.17) is 10.5 Å². The largest absolute Gasteiger partial charge is 0.379 e. The zero-order valence-corrected chi connectivity index (χ0v) is 9.61. The van der Waals surface area contributed by atoms with E-state index in [1.54, 1.807) is 0 Å². The first-order valence-corrected chi connectivity index (χ1v) is 5.72. The summed E-state index contributed by atoms with van der Waals surface area (Å²) in [6.07, 6.45) is 7.50. The molecule has 1 aliphatic heterocycles. The second-order valence-corrected chi connectivity index (χ2v) is 3.71. The molecular weight excluding hydrogens is 188 g/mol. The first-order chi connectivity index (χ1) is 7.36. The molecule has 0 aromatic heterocycles. The number of hydrogen-bond acceptors (Lipinski definition) is 3. The molecule has 1 heterocycles. The smallest absolute Gasteiger partial charge is 0.0594 e. The van der Waals surface area contributed by atoms with Crippen LogP contribution in [0.3, 0.4) is 0 Å². The van der Waals surface area contributed by atoms with Crippen molar-refractivity contribution in [1.29, 1.82) is 0 Å². The average Bonchev–Trinajstić information content (AvgIpc) is 2.28. The second kappa shape index (κ2) is 7.63. The SMILES string of the molecule is CC/C=C(\C=C/CN)CN1CCOCC1. The standard InChI is InChI=1S/C12H22N2O/c1-2-4-12(5-3-6-13)11-14-7-9-15-10-8-14/h3-5H,2,6-11,13H2,1H3/b5-3-,12-4+. The fraction of sp³-hybridized carbons (Fsp3) is 0.667. The highest BCUT2D eigenvalue weighted by Gasteiger charge is 2.10. The summed E-state index contributed by atoms with van der Waals surface area (Å²) in [7, 11) is 0. The maximum atomic E-state index is 5.46. The van der Waals surface area contributed by atoms with E-state index in [0.29, 0.717) is 6.54 Å². The van der Waals surface area contributed by atoms with Gasteiger partial charge in [-0.1, -0.05) is 25.2 Å². The molecule has 15 heavy (non-hydrogen) atoms. The molecular formula is C12H22N2O. The molecule has 0 bridgehead atoms. The summed E-state index contributed by atoms with van der Waals surface area (Å²) >= 11 is 0. The van der Waals surface area contributed by atoms with Crippen molar-refractivity contribution < 1.29 is 4.74 Å². The molecule has 0 unspecified atom stereocenters. The van der Waals surface area contributed by atoms with Gasteiger partial charge in [0.15, 0.2) is 0 Å². The highest BCUT2D eigenvalue weighted by molar-refractivity contribution is 5.20. The Hall–Kier alpha value is -0.640. The van der Waals surface area contributed by atoms with Crippen molar-refractivity contribution in [2.24, 2.45) is 5.73 Å². The molecule has 86 valence electrons. The lowest BCUT2D eigenvalue weighted by atomic mass is 10.2. The molecule has 0 atom stereocenters. The number of hydrogen-bond donors (Lipinski definition) is 1. The van der Waals surface area contributed by atoms with Crippen LogP contribution < -0.4 is 5.73 Å². The normalized spacial score (nSPS) is 20.0. The van der Waals surface area contributed by atoms with Crippen molar-refractivity contribution in [1.82, 2.24) is 4.90 Å². The minimum Gasteiger partial charge on any atom is -0.379 e. The molecule has 1 saturated heterocycles. The first-order valence-electron chi connectivity index (χ1n) is 5.72. The molecule has 1 rings (SSSR count). The van der Waals surface area contributed by atoms with Crippen molar-refractivity contribution in [2.45, 2.75) is 13.3 Å². The zero-order valence-electron chi connectivity index (χ0n) is 9.61. The van der Waals surface area contributed by atoms with E-state index in [-0.39, 0.29) is 0 Å². The van der Waals surface area contributed by atoms with Gasteiger partial charge in [0.2, 0.25) is 0 Å². The topological polar surface area (TPSA) is 38.5 Å². The van der Waals surface area contributed by atoms with E-state index in [2.05, 4.69) is 24.0 Å². The van der Waals surface area contributed by atoms with Gasteiger partial charge in [0.05, 0.1) is 13.2 Å². The number of nitrogens with two attached hydrogens (primary N) is 1. The third kappa shape index (κ3) is 5.11. The Morgan fingerprint density at radius 3 is 2.73 bits per heavy atom. The highest BCUT2D eigenvalue weighted by atomic mass is 16.5. The molecule has 0 aromatic rings. The third-order valence-electron chi connectivity index (χ3n) is 2.44. The Bertz CT molecular complexity index is 218. The minimum absolute atomic E-state index is 0.615. The summed E-state index contributed by atoms with van der Waals surface area (Å²) in [5.74, 6) is 0. The molecule has 0 aromatic carbocycles. The number of ether oxygens (including phenoxy) is 1. The zero-order chi connectivity index (χ0) is 10.9. The van der Waals surface area contributed by atoms with Crippen molar-refractivity contribution in [3.8, 4) is 0 Å². The van der Waals surface area contributed by atoms with Crippen LogP contribution in [-0.2, 0) is 4.74 Å². The number of allylic oxidation sites excluding steroid dienone is 1. The summed E-state index contributed by atoms with van der Waals surface area (Å²) in [6, 6.07) is 0. The van der Waals surface area contributed by atoms with Gasteiger partial charge in [0.1, 0.15) is 0 Å². The van der Waals surface area contributed by atoms with Crippen LogP contribution in [0.25, 0.3) is 0 Å². The number of nitrogens with zero attached hydrogens (tertiary/aromatic N) is 1. The Balaban J connectivity index is 2.42. The van der Waals surface area contributed by atoms with E-state index in [0.717, 1.165) is 39.3 Å². The van der Waals surface area contributed by atoms with Crippen molar-refractivity contribution in [2.75, 3.05) is 39.4 Å². The van der Waals surface area contributed by atoms with Crippen molar-refractivity contribution in [3.05, 3.63) is 23.8 Å². The average molecular weight is 210 g/mol. The van der Waals surface area contributed by atoms with Crippen LogP contribution in [0.15, 0.2) is 23.8 Å². The van der Waals surface area contributed by atoms with Crippen LogP contribution in [0.4, 0.5) is 0 Å². The lowest BCUT2D eigenvalue weighted by Crippen LogP contribution is -2.37. The molecule has 0 radical (unpaired) electrons. The fourth-order valence-corrected chi connectivity index (χ4v) is 1.68. The molecule has 1 aliphatic rings. The van der Waals surface area contributed by atoms with Gasteiger partial charge in [0, 0.05) is 26.2 Å². The first kappa shape index (κ1) is 12.4. The van der Waals surface area contributed by atoms with Gasteiger partial charge in [-0.05, 0) is 12.0 Å². The molecule has 0 aliphatic carbocycles. The predicted molar refractivity (Wildman–Crippen MR) is 63.8 cm³/mol. The molecule has 1 fully saturated rings. The Morgan fingerprint density at radius 1 is 1.40 bits per heavy atom. The molecule has 0 amide bonds. The van der Waals surface area contributed by atoms with E-state index in [1.165, 1.54) is 5.57 Å².